The van der Waals surface area contributed by atoms with Gasteiger partial charge < -0.3 is 14.8 Å². The molecular weight excluding hydrogens is 440 g/mol. The van der Waals surface area contributed by atoms with Crippen LogP contribution in [-0.2, 0) is 16.0 Å². The maximum atomic E-state index is 12.5. The highest BCUT2D eigenvalue weighted by atomic mass is 16.6. The molecule has 1 heterocycles. The van der Waals surface area contributed by atoms with Crippen LogP contribution in [0.25, 0.3) is 22.0 Å². The van der Waals surface area contributed by atoms with Gasteiger partial charge in [0, 0.05) is 6.54 Å². The van der Waals surface area contributed by atoms with Gasteiger partial charge in [0.25, 0.3) is 5.69 Å². The van der Waals surface area contributed by atoms with E-state index in [1.807, 2.05) is 0 Å². The number of nitro benzene ring substituents is 1. The van der Waals surface area contributed by atoms with Crippen molar-refractivity contribution in [1.82, 2.24) is 15.1 Å². The summed E-state index contributed by atoms with van der Waals surface area (Å²) in [5.41, 5.74) is 0.586. The van der Waals surface area contributed by atoms with Gasteiger partial charge in [-0.1, -0.05) is 24.3 Å². The summed E-state index contributed by atoms with van der Waals surface area (Å²) in [6.07, 6.45) is 0.0473. The smallest absolute Gasteiger partial charge is 0.435 e. The van der Waals surface area contributed by atoms with E-state index < -0.39 is 28.3 Å². The average Bonchev–Trinajstić information content (AvgIpc) is 3.13. The fourth-order valence-corrected chi connectivity index (χ4v) is 3.26. The summed E-state index contributed by atoms with van der Waals surface area (Å²) in [6, 6.07) is 10.2. The van der Waals surface area contributed by atoms with E-state index in [0.29, 0.717) is 11.1 Å². The number of ether oxygens (including phenoxy) is 2. The summed E-state index contributed by atoms with van der Waals surface area (Å²) in [6.45, 7) is 10.8. The molecule has 3 rings (SSSR count). The number of amides is 1. The zero-order valence-electron chi connectivity index (χ0n) is 20.0. The van der Waals surface area contributed by atoms with Gasteiger partial charge in [0.15, 0.2) is 0 Å². The number of alkyl carbamates (subject to hydrolysis) is 1. The first kappa shape index (κ1) is 24.7. The second-order valence-corrected chi connectivity index (χ2v) is 9.74. The first-order valence-electron chi connectivity index (χ1n) is 10.7. The van der Waals surface area contributed by atoms with Gasteiger partial charge in [-0.2, -0.15) is 9.78 Å². The number of hydrogen-bond donors (Lipinski definition) is 1. The zero-order chi connectivity index (χ0) is 25.3. The van der Waals surface area contributed by atoms with Crippen molar-refractivity contribution in [2.24, 2.45) is 0 Å². The first-order chi connectivity index (χ1) is 15.7. The lowest BCUT2D eigenvalue weighted by Crippen LogP contribution is -2.32. The minimum absolute atomic E-state index is 0.160. The van der Waals surface area contributed by atoms with E-state index in [1.165, 1.54) is 6.20 Å². The first-order valence-corrected chi connectivity index (χ1v) is 10.7. The average molecular weight is 469 g/mol. The van der Waals surface area contributed by atoms with Crippen LogP contribution in [0.3, 0.4) is 0 Å². The molecule has 0 spiro atoms. The van der Waals surface area contributed by atoms with Crippen molar-refractivity contribution >= 4 is 28.8 Å². The Labute approximate surface area is 197 Å². The lowest BCUT2D eigenvalue weighted by molar-refractivity contribution is -0.382. The number of rotatable bonds is 4. The number of nitrogens with zero attached hydrogens (tertiary/aromatic N) is 3. The molecule has 0 aliphatic rings. The van der Waals surface area contributed by atoms with E-state index >= 15 is 0 Å². The Balaban J connectivity index is 1.88. The van der Waals surface area contributed by atoms with Crippen molar-refractivity contribution < 1.29 is 24.0 Å². The molecule has 0 radical (unpaired) electrons. The summed E-state index contributed by atoms with van der Waals surface area (Å²) < 4.78 is 11.6. The molecule has 0 aliphatic heterocycles. The lowest BCUT2D eigenvalue weighted by Gasteiger charge is -2.19. The molecule has 34 heavy (non-hydrogen) atoms. The van der Waals surface area contributed by atoms with Gasteiger partial charge in [-0.3, -0.25) is 10.1 Å². The lowest BCUT2D eigenvalue weighted by atomic mass is 10.00. The van der Waals surface area contributed by atoms with Crippen molar-refractivity contribution in [3.8, 4) is 11.1 Å². The minimum Gasteiger partial charge on any atom is -0.444 e. The molecule has 0 aliphatic carbocycles. The Hall–Kier alpha value is -3.95. The number of carbonyl (C=O) groups is 2. The summed E-state index contributed by atoms with van der Waals surface area (Å²) in [4.78, 5) is 35.8. The predicted molar refractivity (Wildman–Crippen MR) is 127 cm³/mol. The van der Waals surface area contributed by atoms with Gasteiger partial charge >= 0.3 is 12.2 Å². The summed E-state index contributed by atoms with van der Waals surface area (Å²) >= 11 is 0. The van der Waals surface area contributed by atoms with Crippen LogP contribution in [0, 0.1) is 10.1 Å². The molecule has 10 heteroatoms. The van der Waals surface area contributed by atoms with E-state index in [9.17, 15) is 19.7 Å². The molecule has 0 fully saturated rings. The highest BCUT2D eigenvalue weighted by molar-refractivity contribution is 5.99. The topological polar surface area (TPSA) is 126 Å². The number of hydrogen-bond acceptors (Lipinski definition) is 7. The fraction of sp³-hybridized carbons (Fsp3) is 0.375. The van der Waals surface area contributed by atoms with Crippen LogP contribution < -0.4 is 5.32 Å². The van der Waals surface area contributed by atoms with Crippen molar-refractivity contribution in [1.29, 1.82) is 0 Å². The Bertz CT molecular complexity index is 1230. The summed E-state index contributed by atoms with van der Waals surface area (Å²) in [5.74, 6) is 0. The van der Waals surface area contributed by atoms with E-state index in [-0.39, 0.29) is 23.1 Å². The number of benzene rings is 2. The number of nitro groups is 1. The normalized spacial score (nSPS) is 11.8. The molecular formula is C24H28N4O6. The Kier molecular flexibility index (Phi) is 6.63. The van der Waals surface area contributed by atoms with Crippen LogP contribution in [0.2, 0.25) is 0 Å². The van der Waals surface area contributed by atoms with E-state index in [4.69, 9.17) is 9.47 Å². The maximum absolute atomic E-state index is 12.5. The largest absolute Gasteiger partial charge is 0.444 e. The molecule has 3 aromatic rings. The Morgan fingerprint density at radius 1 is 1.00 bits per heavy atom. The van der Waals surface area contributed by atoms with Crippen LogP contribution in [-0.4, -0.2) is 38.1 Å². The molecule has 0 atom stereocenters. The Morgan fingerprint density at radius 3 is 2.18 bits per heavy atom. The van der Waals surface area contributed by atoms with Gasteiger partial charge in [-0.15, -0.1) is 0 Å². The molecule has 0 unspecified atom stereocenters. The molecule has 2 aromatic carbocycles. The van der Waals surface area contributed by atoms with Crippen LogP contribution >= 0.6 is 0 Å². The van der Waals surface area contributed by atoms with Gasteiger partial charge in [-0.05, 0) is 64.8 Å². The number of fused-ring (bicyclic) bond motifs is 1. The van der Waals surface area contributed by atoms with Gasteiger partial charge in [0.05, 0.1) is 27.6 Å². The van der Waals surface area contributed by atoms with Crippen molar-refractivity contribution in [2.45, 2.75) is 59.3 Å². The zero-order valence-corrected chi connectivity index (χ0v) is 20.0. The van der Waals surface area contributed by atoms with E-state index in [0.717, 1.165) is 10.2 Å². The molecule has 0 saturated heterocycles. The quantitative estimate of drug-likeness (QED) is 0.400. The van der Waals surface area contributed by atoms with Crippen molar-refractivity contribution in [2.75, 3.05) is 0 Å². The SMILES string of the molecule is CC(C)(C)OC(=O)NCc1ccc(-c2ccc3c(cnn3C(=O)OC(C)(C)C)c2[N+](=O)[O-])cc1. The monoisotopic (exact) mass is 468 g/mol. The summed E-state index contributed by atoms with van der Waals surface area (Å²) in [5, 5.41) is 18.9. The van der Waals surface area contributed by atoms with Crippen LogP contribution in [0.1, 0.15) is 47.1 Å². The maximum Gasteiger partial charge on any atom is 0.435 e. The third-order valence-corrected chi connectivity index (χ3v) is 4.57. The molecule has 180 valence electrons. The molecule has 0 bridgehead atoms. The molecule has 1 N–H and O–H groups in total. The van der Waals surface area contributed by atoms with Crippen LogP contribution in [0.5, 0.6) is 0 Å². The standard InChI is InChI=1S/C24H28N4O6/c1-23(2,3)33-21(29)25-13-15-7-9-16(10-8-15)17-11-12-19-18(20(17)28(31)32)14-26-27(19)22(30)34-24(4,5)6/h7-12,14H,13H2,1-6H3,(H,25,29). The van der Waals surface area contributed by atoms with Crippen molar-refractivity contribution in [3.63, 3.8) is 0 Å². The second kappa shape index (κ2) is 9.12. The molecule has 1 aromatic heterocycles. The Morgan fingerprint density at radius 2 is 1.62 bits per heavy atom. The molecule has 0 saturated carbocycles. The van der Waals surface area contributed by atoms with Gasteiger partial charge in [0.1, 0.15) is 11.2 Å². The van der Waals surface area contributed by atoms with Gasteiger partial charge in [-0.25, -0.2) is 9.59 Å². The number of aromatic nitrogens is 2. The molecule has 1 amide bonds. The number of carbonyl (C=O) groups excluding carboxylic acids is 2. The van der Waals surface area contributed by atoms with E-state index in [1.54, 1.807) is 77.9 Å². The second-order valence-electron chi connectivity index (χ2n) is 9.74. The third kappa shape index (κ3) is 5.89. The van der Waals surface area contributed by atoms with Crippen molar-refractivity contribution in [3.05, 3.63) is 58.3 Å². The number of nitrogens with one attached hydrogen (secondary N) is 1. The van der Waals surface area contributed by atoms with Gasteiger partial charge in [0.2, 0.25) is 0 Å². The predicted octanol–water partition coefficient (Wildman–Crippen LogP) is 5.42. The third-order valence-electron chi connectivity index (χ3n) is 4.57. The van der Waals surface area contributed by atoms with Crippen LogP contribution in [0.4, 0.5) is 15.3 Å². The molecule has 10 nitrogen and oxygen atoms in total. The van der Waals surface area contributed by atoms with E-state index in [2.05, 4.69) is 10.4 Å². The van der Waals surface area contributed by atoms with Crippen LogP contribution in [0.15, 0.2) is 42.6 Å². The minimum atomic E-state index is -0.735. The highest BCUT2D eigenvalue weighted by Crippen LogP contribution is 2.36. The summed E-state index contributed by atoms with van der Waals surface area (Å²) in [7, 11) is 0. The fourth-order valence-electron chi connectivity index (χ4n) is 3.26. The highest BCUT2D eigenvalue weighted by Gasteiger charge is 2.26.